The molecule has 1 aliphatic rings. The maximum absolute atomic E-state index is 14.2. The Morgan fingerprint density at radius 3 is 2.88 bits per heavy atom. The lowest BCUT2D eigenvalue weighted by Crippen LogP contribution is -2.32. The summed E-state index contributed by atoms with van der Waals surface area (Å²) in [5.41, 5.74) is 3.11. The van der Waals surface area contributed by atoms with Crippen LogP contribution < -0.4 is 10.6 Å². The number of hydrogen-bond acceptors (Lipinski definition) is 5. The molecule has 0 amide bonds. The Labute approximate surface area is 210 Å². The fraction of sp³-hybridized carbons (Fsp3) is 0.292. The summed E-state index contributed by atoms with van der Waals surface area (Å²) in [6.45, 7) is 3.14. The summed E-state index contributed by atoms with van der Waals surface area (Å²) in [6, 6.07) is 12.9. The number of benzene rings is 2. The molecule has 2 N–H and O–H groups in total. The van der Waals surface area contributed by atoms with E-state index in [-0.39, 0.29) is 12.4 Å². The number of nitrogens with one attached hydrogen (secondary N) is 2. The highest BCUT2D eigenvalue weighted by atomic mass is 127. The Morgan fingerprint density at radius 2 is 2.09 bits per heavy atom. The molecule has 170 valence electrons. The highest BCUT2D eigenvalue weighted by Crippen LogP contribution is 2.29. The molecule has 1 atom stereocenters. The normalized spacial score (nSPS) is 16.3. The van der Waals surface area contributed by atoms with Crippen LogP contribution in [0.1, 0.15) is 18.4 Å². The van der Waals surface area contributed by atoms with E-state index in [9.17, 15) is 4.39 Å². The van der Waals surface area contributed by atoms with Gasteiger partial charge in [0.2, 0.25) is 5.95 Å². The minimum absolute atomic E-state index is 0.263. The van der Waals surface area contributed by atoms with Gasteiger partial charge < -0.3 is 15.2 Å². The molecule has 3 heterocycles. The van der Waals surface area contributed by atoms with Crippen molar-refractivity contribution in [2.24, 2.45) is 5.92 Å². The van der Waals surface area contributed by atoms with Gasteiger partial charge in [-0.15, -0.1) is 0 Å². The fourth-order valence-electron chi connectivity index (χ4n) is 4.20. The van der Waals surface area contributed by atoms with Gasteiger partial charge in [0.25, 0.3) is 0 Å². The first-order valence-corrected chi connectivity index (χ1v) is 12.4. The summed E-state index contributed by atoms with van der Waals surface area (Å²) in [4.78, 5) is 14.1. The molecule has 33 heavy (non-hydrogen) atoms. The summed E-state index contributed by atoms with van der Waals surface area (Å²) in [5, 5.41) is 7.02. The van der Waals surface area contributed by atoms with E-state index < -0.39 is 0 Å². The molecule has 9 heteroatoms. The Kier molecular flexibility index (Phi) is 6.75. The number of imidazole rings is 1. The third kappa shape index (κ3) is 4.97. The van der Waals surface area contributed by atoms with Crippen molar-refractivity contribution in [3.05, 3.63) is 68.6 Å². The lowest BCUT2D eigenvalue weighted by molar-refractivity contribution is 0.341. The molecular weight excluding hydrogens is 554 g/mol. The number of anilines is 1. The zero-order chi connectivity index (χ0) is 22.8. The van der Waals surface area contributed by atoms with Crippen LogP contribution in [0, 0.1) is 15.3 Å². The molecule has 0 unspecified atom stereocenters. The number of piperidine rings is 1. The van der Waals surface area contributed by atoms with E-state index in [1.165, 1.54) is 18.9 Å². The SMILES string of the molecule is Fc1cc(Cl)ccc1CNc1ncc2nc(-c3ccccc3I)n(C[C@@H]3CCCNC3)c2n1. The number of halogens is 3. The summed E-state index contributed by atoms with van der Waals surface area (Å²) in [7, 11) is 0. The zero-order valence-electron chi connectivity index (χ0n) is 17.9. The monoisotopic (exact) mass is 576 g/mol. The second kappa shape index (κ2) is 9.90. The molecule has 2 aromatic carbocycles. The molecule has 0 aliphatic carbocycles. The molecule has 1 saturated heterocycles. The van der Waals surface area contributed by atoms with E-state index in [4.69, 9.17) is 21.6 Å². The van der Waals surface area contributed by atoms with Crippen LogP contribution >= 0.6 is 34.2 Å². The molecule has 6 nitrogen and oxygen atoms in total. The molecule has 5 rings (SSSR count). The number of fused-ring (bicyclic) bond motifs is 1. The van der Waals surface area contributed by atoms with Gasteiger partial charge in [-0.3, -0.25) is 0 Å². The molecule has 1 aliphatic heterocycles. The first-order chi connectivity index (χ1) is 16.1. The summed E-state index contributed by atoms with van der Waals surface area (Å²) >= 11 is 8.21. The highest BCUT2D eigenvalue weighted by Gasteiger charge is 2.21. The second-order valence-electron chi connectivity index (χ2n) is 8.23. The van der Waals surface area contributed by atoms with E-state index >= 15 is 0 Å². The lowest BCUT2D eigenvalue weighted by atomic mass is 9.99. The van der Waals surface area contributed by atoms with Gasteiger partial charge in [-0.25, -0.2) is 14.4 Å². The average molecular weight is 577 g/mol. The van der Waals surface area contributed by atoms with Crippen molar-refractivity contribution < 1.29 is 4.39 Å². The van der Waals surface area contributed by atoms with Gasteiger partial charge in [0.1, 0.15) is 17.2 Å². The van der Waals surface area contributed by atoms with Gasteiger partial charge in [-0.05, 0) is 72.6 Å². The predicted octanol–water partition coefficient (Wildman–Crippen LogP) is 5.50. The van der Waals surface area contributed by atoms with E-state index in [0.29, 0.717) is 22.5 Å². The maximum Gasteiger partial charge on any atom is 0.225 e. The Balaban J connectivity index is 1.50. The van der Waals surface area contributed by atoms with Crippen molar-refractivity contribution in [2.75, 3.05) is 18.4 Å². The molecule has 1 fully saturated rings. The van der Waals surface area contributed by atoms with Crippen molar-refractivity contribution in [2.45, 2.75) is 25.9 Å². The molecule has 0 saturated carbocycles. The lowest BCUT2D eigenvalue weighted by Gasteiger charge is -2.24. The van der Waals surface area contributed by atoms with Crippen LogP contribution in [-0.4, -0.2) is 32.6 Å². The van der Waals surface area contributed by atoms with Gasteiger partial charge in [0.15, 0.2) is 5.65 Å². The first-order valence-electron chi connectivity index (χ1n) is 10.9. The van der Waals surface area contributed by atoms with E-state index in [1.54, 1.807) is 18.3 Å². The van der Waals surface area contributed by atoms with Crippen LogP contribution in [-0.2, 0) is 13.1 Å². The number of aromatic nitrogens is 4. The predicted molar refractivity (Wildman–Crippen MR) is 138 cm³/mol. The van der Waals surface area contributed by atoms with Crippen molar-refractivity contribution in [1.29, 1.82) is 0 Å². The quantitative estimate of drug-likeness (QED) is 0.297. The summed E-state index contributed by atoms with van der Waals surface area (Å²) in [5.74, 6) is 1.49. The van der Waals surface area contributed by atoms with Crippen molar-refractivity contribution >= 4 is 51.3 Å². The third-order valence-corrected chi connectivity index (χ3v) is 7.07. The van der Waals surface area contributed by atoms with Crippen LogP contribution in [0.4, 0.5) is 10.3 Å². The van der Waals surface area contributed by atoms with Crippen LogP contribution in [0.15, 0.2) is 48.7 Å². The topological polar surface area (TPSA) is 67.7 Å². The largest absolute Gasteiger partial charge is 0.350 e. The third-order valence-electron chi connectivity index (χ3n) is 5.89. The zero-order valence-corrected chi connectivity index (χ0v) is 20.8. The van der Waals surface area contributed by atoms with Gasteiger partial charge in [-0.2, -0.15) is 4.98 Å². The van der Waals surface area contributed by atoms with Crippen molar-refractivity contribution in [3.8, 4) is 11.4 Å². The maximum atomic E-state index is 14.2. The van der Waals surface area contributed by atoms with E-state index in [1.807, 2.05) is 12.1 Å². The van der Waals surface area contributed by atoms with Crippen molar-refractivity contribution in [1.82, 2.24) is 24.8 Å². The fourth-order valence-corrected chi connectivity index (χ4v) is 4.99. The number of hydrogen-bond donors (Lipinski definition) is 2. The second-order valence-corrected chi connectivity index (χ2v) is 9.83. The Hall–Kier alpha value is -2.30. The van der Waals surface area contributed by atoms with Crippen LogP contribution in [0.5, 0.6) is 0 Å². The van der Waals surface area contributed by atoms with E-state index in [0.717, 1.165) is 45.8 Å². The Morgan fingerprint density at radius 1 is 1.21 bits per heavy atom. The van der Waals surface area contributed by atoms with Gasteiger partial charge in [0.05, 0.1) is 6.20 Å². The number of rotatable bonds is 6. The molecule has 0 bridgehead atoms. The van der Waals surface area contributed by atoms with Crippen LogP contribution in [0.3, 0.4) is 0 Å². The van der Waals surface area contributed by atoms with Gasteiger partial charge in [-0.1, -0.05) is 35.9 Å². The number of nitrogens with zero attached hydrogens (tertiary/aromatic N) is 4. The first kappa shape index (κ1) is 22.5. The van der Waals surface area contributed by atoms with Gasteiger partial charge in [0, 0.05) is 32.8 Å². The minimum Gasteiger partial charge on any atom is -0.350 e. The Bertz CT molecular complexity index is 1290. The summed E-state index contributed by atoms with van der Waals surface area (Å²) in [6.07, 6.45) is 4.08. The molecule has 2 aromatic heterocycles. The molecule has 0 spiro atoms. The van der Waals surface area contributed by atoms with Crippen molar-refractivity contribution in [3.63, 3.8) is 0 Å². The van der Waals surface area contributed by atoms with Crippen LogP contribution in [0.25, 0.3) is 22.6 Å². The standard InChI is InChI=1S/C24H23ClFIN6/c25-17-8-7-16(19(26)10-17)12-29-24-30-13-21-23(32-24)33(14-15-4-3-9-28-11-15)22(31-21)18-5-1-2-6-20(18)27/h1-2,5-8,10,13,15,28H,3-4,9,11-12,14H2,(H,29,30,32)/t15-/m1/s1. The molecular formula is C24H23ClFIN6. The van der Waals surface area contributed by atoms with Crippen LogP contribution in [0.2, 0.25) is 5.02 Å². The van der Waals surface area contributed by atoms with Gasteiger partial charge >= 0.3 is 0 Å². The highest BCUT2D eigenvalue weighted by molar-refractivity contribution is 14.1. The molecule has 4 aromatic rings. The smallest absolute Gasteiger partial charge is 0.225 e. The average Bonchev–Trinajstić information content (AvgIpc) is 3.17. The van der Waals surface area contributed by atoms with E-state index in [2.05, 4.69) is 54.9 Å². The molecule has 0 radical (unpaired) electrons. The summed E-state index contributed by atoms with van der Waals surface area (Å²) < 4.78 is 17.5. The minimum atomic E-state index is -0.355.